The third-order valence-corrected chi connectivity index (χ3v) is 4.29. The fraction of sp³-hybridized carbons (Fsp3) is 0.353. The van der Waals surface area contributed by atoms with Crippen molar-refractivity contribution in [1.82, 2.24) is 9.97 Å². The van der Waals surface area contributed by atoms with Gasteiger partial charge in [0.1, 0.15) is 0 Å². The van der Waals surface area contributed by atoms with Gasteiger partial charge in [-0.25, -0.2) is 9.97 Å². The van der Waals surface area contributed by atoms with Crippen LogP contribution in [0.1, 0.15) is 6.92 Å². The molecule has 6 heteroatoms. The van der Waals surface area contributed by atoms with Crippen LogP contribution in [0.5, 0.6) is 0 Å². The predicted molar refractivity (Wildman–Crippen MR) is 89.5 cm³/mol. The number of hydrogen-bond donors (Lipinski definition) is 2. The molecule has 2 heterocycles. The van der Waals surface area contributed by atoms with Gasteiger partial charge in [0.25, 0.3) is 5.91 Å². The zero-order chi connectivity index (χ0) is 16.1. The number of anilines is 2. The van der Waals surface area contributed by atoms with Crippen molar-refractivity contribution in [3.63, 3.8) is 0 Å². The van der Waals surface area contributed by atoms with Gasteiger partial charge in [-0.05, 0) is 25.1 Å². The van der Waals surface area contributed by atoms with Gasteiger partial charge in [-0.3, -0.25) is 4.79 Å². The lowest BCUT2D eigenvalue weighted by molar-refractivity contribution is -0.914. The molecule has 1 aromatic carbocycles. The number of para-hydroxylation sites is 1. The van der Waals surface area contributed by atoms with Crippen LogP contribution in [0.2, 0.25) is 0 Å². The Morgan fingerprint density at radius 2 is 1.78 bits per heavy atom. The average molecular weight is 312 g/mol. The van der Waals surface area contributed by atoms with E-state index in [0.717, 1.165) is 37.8 Å². The molecule has 1 saturated heterocycles. The minimum Gasteiger partial charge on any atom is -0.330 e. The minimum absolute atomic E-state index is 0.0654. The molecule has 0 spiro atoms. The van der Waals surface area contributed by atoms with Gasteiger partial charge in [0.2, 0.25) is 5.95 Å². The van der Waals surface area contributed by atoms with Crippen LogP contribution in [0.3, 0.4) is 0 Å². The van der Waals surface area contributed by atoms with E-state index in [0.29, 0.717) is 0 Å². The second-order valence-electron chi connectivity index (χ2n) is 5.77. The molecule has 6 nitrogen and oxygen atoms in total. The Bertz CT molecular complexity index is 626. The van der Waals surface area contributed by atoms with E-state index in [-0.39, 0.29) is 11.9 Å². The van der Waals surface area contributed by atoms with Crippen LogP contribution in [0.15, 0.2) is 48.8 Å². The normalized spacial score (nSPS) is 16.8. The van der Waals surface area contributed by atoms with E-state index >= 15 is 0 Å². The highest BCUT2D eigenvalue weighted by Gasteiger charge is 2.29. The van der Waals surface area contributed by atoms with Crippen molar-refractivity contribution >= 4 is 17.5 Å². The van der Waals surface area contributed by atoms with E-state index in [1.165, 1.54) is 4.90 Å². The lowest BCUT2D eigenvalue weighted by Crippen LogP contribution is -3.19. The number of nitrogens with one attached hydrogen (secondary N) is 2. The number of aromatic nitrogens is 2. The van der Waals surface area contributed by atoms with Crippen molar-refractivity contribution in [2.24, 2.45) is 0 Å². The van der Waals surface area contributed by atoms with Crippen LogP contribution in [-0.2, 0) is 4.79 Å². The maximum atomic E-state index is 12.4. The molecule has 3 rings (SSSR count). The van der Waals surface area contributed by atoms with Crippen LogP contribution in [0.4, 0.5) is 11.6 Å². The van der Waals surface area contributed by atoms with E-state index in [4.69, 9.17) is 0 Å². The number of benzene rings is 1. The van der Waals surface area contributed by atoms with Crippen LogP contribution in [0.25, 0.3) is 0 Å². The molecule has 0 aliphatic carbocycles. The number of piperazine rings is 1. The second kappa shape index (κ2) is 7.19. The number of quaternary nitrogens is 1. The molecule has 120 valence electrons. The average Bonchev–Trinajstić information content (AvgIpc) is 2.63. The van der Waals surface area contributed by atoms with Crippen molar-refractivity contribution in [1.29, 1.82) is 0 Å². The number of nitrogens with zero attached hydrogens (tertiary/aromatic N) is 3. The fourth-order valence-corrected chi connectivity index (χ4v) is 2.84. The van der Waals surface area contributed by atoms with Crippen LogP contribution < -0.4 is 15.1 Å². The van der Waals surface area contributed by atoms with Crippen LogP contribution in [0, 0.1) is 0 Å². The smallest absolute Gasteiger partial charge is 0.282 e. The standard InChI is InChI=1S/C17H21N5O/c1-14(16(23)20-15-6-3-2-4-7-15)21-10-12-22(13-11-21)17-18-8-5-9-19-17/h2-9,14H,10-13H2,1H3,(H,20,23)/p+1/t14-/m1/s1. The van der Waals surface area contributed by atoms with Crippen molar-refractivity contribution in [2.45, 2.75) is 13.0 Å². The van der Waals surface area contributed by atoms with Gasteiger partial charge in [0, 0.05) is 18.1 Å². The molecule has 0 radical (unpaired) electrons. The number of amides is 1. The highest BCUT2D eigenvalue weighted by atomic mass is 16.2. The first kappa shape index (κ1) is 15.4. The molecule has 1 aromatic heterocycles. The highest BCUT2D eigenvalue weighted by molar-refractivity contribution is 5.93. The Labute approximate surface area is 136 Å². The van der Waals surface area contributed by atoms with Gasteiger partial charge in [-0.2, -0.15) is 0 Å². The maximum Gasteiger partial charge on any atom is 0.282 e. The molecule has 23 heavy (non-hydrogen) atoms. The third-order valence-electron chi connectivity index (χ3n) is 4.29. The summed E-state index contributed by atoms with van der Waals surface area (Å²) in [5.41, 5.74) is 0.847. The Morgan fingerprint density at radius 1 is 1.13 bits per heavy atom. The molecule has 1 atom stereocenters. The molecule has 1 fully saturated rings. The van der Waals surface area contributed by atoms with Gasteiger partial charge >= 0.3 is 0 Å². The first-order valence-corrected chi connectivity index (χ1v) is 7.96. The van der Waals surface area contributed by atoms with Crippen molar-refractivity contribution in [3.05, 3.63) is 48.8 Å². The first-order valence-electron chi connectivity index (χ1n) is 7.96. The molecular formula is C17H22N5O+. The highest BCUT2D eigenvalue weighted by Crippen LogP contribution is 2.06. The van der Waals surface area contributed by atoms with Crippen molar-refractivity contribution in [3.8, 4) is 0 Å². The largest absolute Gasteiger partial charge is 0.330 e. The predicted octanol–water partition coefficient (Wildman–Crippen LogP) is 0.209. The number of hydrogen-bond acceptors (Lipinski definition) is 4. The fourth-order valence-electron chi connectivity index (χ4n) is 2.84. The summed E-state index contributed by atoms with van der Waals surface area (Å²) in [4.78, 5) is 24.4. The number of carbonyl (C=O) groups is 1. The summed E-state index contributed by atoms with van der Waals surface area (Å²) >= 11 is 0. The quantitative estimate of drug-likeness (QED) is 0.847. The molecule has 1 aliphatic rings. The lowest BCUT2D eigenvalue weighted by Gasteiger charge is -2.34. The van der Waals surface area contributed by atoms with E-state index < -0.39 is 0 Å². The van der Waals surface area contributed by atoms with Gasteiger partial charge in [-0.15, -0.1) is 0 Å². The Morgan fingerprint density at radius 3 is 2.43 bits per heavy atom. The Hall–Kier alpha value is -2.47. The molecule has 0 saturated carbocycles. The van der Waals surface area contributed by atoms with Gasteiger partial charge in [0.15, 0.2) is 6.04 Å². The Kier molecular flexibility index (Phi) is 4.83. The zero-order valence-electron chi connectivity index (χ0n) is 13.3. The molecule has 0 unspecified atom stereocenters. The molecule has 2 N–H and O–H groups in total. The van der Waals surface area contributed by atoms with E-state index in [1.54, 1.807) is 12.4 Å². The number of rotatable bonds is 4. The molecule has 2 aromatic rings. The van der Waals surface area contributed by atoms with E-state index in [1.807, 2.05) is 43.3 Å². The summed E-state index contributed by atoms with van der Waals surface area (Å²) in [6.45, 7) is 5.52. The summed E-state index contributed by atoms with van der Waals surface area (Å²) in [5.74, 6) is 0.837. The molecule has 1 amide bonds. The molecular weight excluding hydrogens is 290 g/mol. The van der Waals surface area contributed by atoms with Crippen LogP contribution in [-0.4, -0.2) is 48.1 Å². The van der Waals surface area contributed by atoms with E-state index in [9.17, 15) is 4.79 Å². The summed E-state index contributed by atoms with van der Waals surface area (Å²) < 4.78 is 0. The summed E-state index contributed by atoms with van der Waals surface area (Å²) in [6.07, 6.45) is 3.52. The zero-order valence-corrected chi connectivity index (χ0v) is 13.3. The molecule has 1 aliphatic heterocycles. The maximum absolute atomic E-state index is 12.4. The molecule has 0 bridgehead atoms. The first-order chi connectivity index (χ1) is 11.2. The van der Waals surface area contributed by atoms with E-state index in [2.05, 4.69) is 20.2 Å². The van der Waals surface area contributed by atoms with Crippen molar-refractivity contribution in [2.75, 3.05) is 36.4 Å². The van der Waals surface area contributed by atoms with Gasteiger partial charge in [0.05, 0.1) is 26.2 Å². The SMILES string of the molecule is C[C@H](C(=O)Nc1ccccc1)[NH+]1CCN(c2ncccn2)CC1. The monoisotopic (exact) mass is 312 g/mol. The lowest BCUT2D eigenvalue weighted by atomic mass is 10.2. The third kappa shape index (κ3) is 3.84. The van der Waals surface area contributed by atoms with Gasteiger partial charge < -0.3 is 15.1 Å². The number of carbonyl (C=O) groups excluding carboxylic acids is 1. The summed E-state index contributed by atoms with van der Waals surface area (Å²) in [7, 11) is 0. The van der Waals surface area contributed by atoms with Gasteiger partial charge in [-0.1, -0.05) is 18.2 Å². The Balaban J connectivity index is 1.53. The summed E-state index contributed by atoms with van der Waals surface area (Å²) in [5, 5.41) is 2.98. The second-order valence-corrected chi connectivity index (χ2v) is 5.77. The summed E-state index contributed by atoms with van der Waals surface area (Å²) in [6, 6.07) is 11.3. The van der Waals surface area contributed by atoms with Crippen molar-refractivity contribution < 1.29 is 9.69 Å². The minimum atomic E-state index is -0.0750. The van der Waals surface area contributed by atoms with Crippen LogP contribution >= 0.6 is 0 Å². The topological polar surface area (TPSA) is 62.6 Å².